The molecule has 1 saturated heterocycles. The van der Waals surface area contributed by atoms with E-state index in [1.807, 2.05) is 48.5 Å². The largest absolute Gasteiger partial charge is 0.598 e. The SMILES string of the molecule is Cc1nc2c(s1)[C@H](N[S@@+]([O-])C(C)(C)C)C1(CCN(C(=O)OC(C)(C)C)CC1)C2. The number of aryl methyl sites for hydroxylation is 1. The lowest BCUT2D eigenvalue weighted by molar-refractivity contribution is 0.00718. The van der Waals surface area contributed by atoms with Crippen LogP contribution < -0.4 is 4.72 Å². The molecule has 28 heavy (non-hydrogen) atoms. The summed E-state index contributed by atoms with van der Waals surface area (Å²) in [6.45, 7) is 15.0. The Kier molecular flexibility index (Phi) is 5.82. The Morgan fingerprint density at radius 2 is 1.89 bits per heavy atom. The molecule has 0 saturated carbocycles. The van der Waals surface area contributed by atoms with Gasteiger partial charge in [-0.2, -0.15) is 0 Å². The van der Waals surface area contributed by atoms with Crippen molar-refractivity contribution in [3.63, 3.8) is 0 Å². The number of ether oxygens (including phenoxy) is 1. The highest BCUT2D eigenvalue weighted by molar-refractivity contribution is 7.90. The molecule has 1 aliphatic heterocycles. The second kappa shape index (κ2) is 7.45. The molecule has 2 heterocycles. The van der Waals surface area contributed by atoms with Gasteiger partial charge < -0.3 is 14.2 Å². The number of nitrogens with one attached hydrogen (secondary N) is 1. The maximum Gasteiger partial charge on any atom is 0.410 e. The van der Waals surface area contributed by atoms with E-state index in [0.717, 1.165) is 30.0 Å². The van der Waals surface area contributed by atoms with Crippen molar-refractivity contribution in [2.75, 3.05) is 13.1 Å². The molecule has 1 aliphatic carbocycles. The molecular formula is C20H33N3O3S2. The summed E-state index contributed by atoms with van der Waals surface area (Å²) in [4.78, 5) is 20.2. The first kappa shape index (κ1) is 21.9. The van der Waals surface area contributed by atoms with E-state index in [4.69, 9.17) is 9.72 Å². The summed E-state index contributed by atoms with van der Waals surface area (Å²) in [5, 5.41) is 1.05. The van der Waals surface area contributed by atoms with Gasteiger partial charge in [-0.1, -0.05) is 0 Å². The molecule has 0 radical (unpaired) electrons. The summed E-state index contributed by atoms with van der Waals surface area (Å²) >= 11 is 0.547. The Balaban J connectivity index is 1.77. The number of fused-ring (bicyclic) bond motifs is 1. The van der Waals surface area contributed by atoms with Gasteiger partial charge in [-0.15, -0.1) is 16.1 Å². The van der Waals surface area contributed by atoms with Crippen molar-refractivity contribution in [2.24, 2.45) is 5.41 Å². The summed E-state index contributed by atoms with van der Waals surface area (Å²) in [7, 11) is 0. The Hall–Kier alpha value is -0.830. The second-order valence-corrected chi connectivity index (χ2v) is 13.2. The molecule has 0 unspecified atom stereocenters. The molecule has 1 spiro atoms. The van der Waals surface area contributed by atoms with Crippen LogP contribution in [0.3, 0.4) is 0 Å². The van der Waals surface area contributed by atoms with Gasteiger partial charge in [0.25, 0.3) is 0 Å². The van der Waals surface area contributed by atoms with Crippen LogP contribution in [0.1, 0.15) is 76.0 Å². The van der Waals surface area contributed by atoms with E-state index in [2.05, 4.69) is 4.72 Å². The number of aromatic nitrogens is 1. The summed E-state index contributed by atoms with van der Waals surface area (Å²) in [5.41, 5.74) is 0.608. The lowest BCUT2D eigenvalue weighted by atomic mass is 9.74. The van der Waals surface area contributed by atoms with Gasteiger partial charge in [0.05, 0.1) is 16.7 Å². The number of rotatable bonds is 2. The van der Waals surface area contributed by atoms with E-state index in [1.165, 1.54) is 4.88 Å². The van der Waals surface area contributed by atoms with Crippen LogP contribution in [-0.4, -0.2) is 44.0 Å². The van der Waals surface area contributed by atoms with E-state index >= 15 is 0 Å². The number of thiazole rings is 1. The van der Waals surface area contributed by atoms with Crippen molar-refractivity contribution in [3.05, 3.63) is 15.6 Å². The third kappa shape index (κ3) is 4.50. The fraction of sp³-hybridized carbons (Fsp3) is 0.800. The minimum atomic E-state index is -1.16. The maximum atomic E-state index is 12.9. The number of amides is 1. The topological polar surface area (TPSA) is 77.5 Å². The molecule has 0 aromatic carbocycles. The van der Waals surface area contributed by atoms with Gasteiger partial charge in [0.1, 0.15) is 10.3 Å². The van der Waals surface area contributed by atoms with Crippen LogP contribution in [0, 0.1) is 12.3 Å². The molecule has 8 heteroatoms. The zero-order valence-corrected chi connectivity index (χ0v) is 19.7. The van der Waals surface area contributed by atoms with Crippen LogP contribution in [-0.2, 0) is 22.5 Å². The average Bonchev–Trinajstić information content (AvgIpc) is 3.00. The average molecular weight is 428 g/mol. The fourth-order valence-electron chi connectivity index (χ4n) is 3.94. The Morgan fingerprint density at radius 1 is 1.29 bits per heavy atom. The van der Waals surface area contributed by atoms with Crippen LogP contribution in [0.2, 0.25) is 0 Å². The van der Waals surface area contributed by atoms with Gasteiger partial charge in [-0.05, 0) is 67.7 Å². The lowest BCUT2D eigenvalue weighted by Crippen LogP contribution is -2.51. The predicted molar refractivity (Wildman–Crippen MR) is 114 cm³/mol. The normalized spacial score (nSPS) is 23.0. The zero-order valence-electron chi connectivity index (χ0n) is 18.0. The lowest BCUT2D eigenvalue weighted by Gasteiger charge is -2.43. The van der Waals surface area contributed by atoms with Crippen molar-refractivity contribution in [1.82, 2.24) is 14.6 Å². The Bertz CT molecular complexity index is 728. The first-order valence-electron chi connectivity index (χ1n) is 9.93. The van der Waals surface area contributed by atoms with Gasteiger partial charge >= 0.3 is 6.09 Å². The summed E-state index contributed by atoms with van der Waals surface area (Å²) < 4.78 is 21.5. The number of nitrogens with zero attached hydrogens (tertiary/aromatic N) is 2. The highest BCUT2D eigenvalue weighted by atomic mass is 32.2. The van der Waals surface area contributed by atoms with Crippen molar-refractivity contribution in [3.8, 4) is 0 Å². The molecule has 1 aromatic heterocycles. The van der Waals surface area contributed by atoms with Gasteiger partial charge in [0.2, 0.25) is 0 Å². The van der Waals surface area contributed by atoms with E-state index in [0.29, 0.717) is 13.1 Å². The highest BCUT2D eigenvalue weighted by Gasteiger charge is 2.52. The summed E-state index contributed by atoms with van der Waals surface area (Å²) in [6.07, 6.45) is 2.35. The molecule has 1 fully saturated rings. The molecule has 2 atom stereocenters. The smallest absolute Gasteiger partial charge is 0.410 e. The van der Waals surface area contributed by atoms with Crippen molar-refractivity contribution < 1.29 is 14.1 Å². The fourth-order valence-corrected chi connectivity index (χ4v) is 6.09. The number of piperidine rings is 1. The number of carbonyl (C=O) groups is 1. The molecule has 158 valence electrons. The third-order valence-corrected chi connectivity index (χ3v) is 8.06. The van der Waals surface area contributed by atoms with Crippen molar-refractivity contribution >= 4 is 28.8 Å². The molecule has 3 rings (SSSR count). The summed E-state index contributed by atoms with van der Waals surface area (Å²) in [6, 6.07) is 0.0227. The summed E-state index contributed by atoms with van der Waals surface area (Å²) in [5.74, 6) is 0. The van der Waals surface area contributed by atoms with Crippen molar-refractivity contribution in [2.45, 2.75) is 84.1 Å². The van der Waals surface area contributed by atoms with Crippen molar-refractivity contribution in [1.29, 1.82) is 0 Å². The van der Waals surface area contributed by atoms with E-state index in [-0.39, 0.29) is 22.3 Å². The molecule has 2 aliphatic rings. The quantitative estimate of drug-likeness (QED) is 0.719. The van der Waals surface area contributed by atoms with Crippen LogP contribution in [0.4, 0.5) is 4.79 Å². The van der Waals surface area contributed by atoms with Gasteiger partial charge in [-0.3, -0.25) is 0 Å². The van der Waals surface area contributed by atoms with Gasteiger partial charge in [0.15, 0.2) is 0 Å². The molecule has 1 aromatic rings. The number of likely N-dealkylation sites (tertiary alicyclic amines) is 1. The molecule has 0 bridgehead atoms. The molecule has 6 nitrogen and oxygen atoms in total. The van der Waals surface area contributed by atoms with E-state index in [1.54, 1.807) is 16.2 Å². The van der Waals surface area contributed by atoms with Crippen LogP contribution in [0.5, 0.6) is 0 Å². The van der Waals surface area contributed by atoms with Gasteiger partial charge in [0, 0.05) is 34.7 Å². The third-order valence-electron chi connectivity index (χ3n) is 5.42. The standard InChI is InChI=1S/C20H33N3O3S2/c1-13-21-14-12-20(16(15(14)27-13)22-28(25)19(5,6)7)8-10-23(11-9-20)17(24)26-18(2,3)4/h16,22H,8-12H2,1-7H3/t16-,28-/m0/s1. The monoisotopic (exact) mass is 427 g/mol. The number of hydrogen-bond donors (Lipinski definition) is 1. The highest BCUT2D eigenvalue weighted by Crippen LogP contribution is 2.54. The minimum Gasteiger partial charge on any atom is -0.598 e. The predicted octanol–water partition coefficient (Wildman–Crippen LogP) is 4.12. The number of hydrogen-bond acceptors (Lipinski definition) is 6. The Labute approximate surface area is 175 Å². The zero-order chi connectivity index (χ0) is 20.9. The first-order chi connectivity index (χ1) is 12.8. The molecular weight excluding hydrogens is 394 g/mol. The van der Waals surface area contributed by atoms with Gasteiger partial charge in [-0.25, -0.2) is 9.78 Å². The van der Waals surface area contributed by atoms with Crippen LogP contribution >= 0.6 is 11.3 Å². The van der Waals surface area contributed by atoms with E-state index < -0.39 is 17.0 Å². The van der Waals surface area contributed by atoms with Crippen LogP contribution in [0.25, 0.3) is 0 Å². The molecule has 1 N–H and O–H groups in total. The van der Waals surface area contributed by atoms with Crippen LogP contribution in [0.15, 0.2) is 0 Å². The Morgan fingerprint density at radius 3 is 2.43 bits per heavy atom. The molecule has 1 amide bonds. The minimum absolute atomic E-state index is 0.0227. The first-order valence-corrected chi connectivity index (χ1v) is 11.9. The van der Waals surface area contributed by atoms with E-state index in [9.17, 15) is 9.35 Å². The maximum absolute atomic E-state index is 12.9. The second-order valence-electron chi connectivity index (χ2n) is 9.98. The number of carbonyl (C=O) groups excluding carboxylic acids is 1.